The summed E-state index contributed by atoms with van der Waals surface area (Å²) in [7, 11) is 0. The molecule has 0 bridgehead atoms. The van der Waals surface area contributed by atoms with Gasteiger partial charge in [-0.15, -0.1) is 0 Å². The Kier molecular flexibility index (Phi) is 7.49. The predicted octanol–water partition coefficient (Wildman–Crippen LogP) is 4.54. The van der Waals surface area contributed by atoms with Crippen LogP contribution in [0.5, 0.6) is 0 Å². The van der Waals surface area contributed by atoms with Gasteiger partial charge in [0.15, 0.2) is 0 Å². The van der Waals surface area contributed by atoms with Crippen LogP contribution >= 0.6 is 0 Å². The topological polar surface area (TPSA) is 54.8 Å². The molecule has 2 N–H and O–H groups in total. The highest BCUT2D eigenvalue weighted by Gasteiger charge is 2.27. The lowest BCUT2D eigenvalue weighted by molar-refractivity contribution is 0.452. The number of fused-ring (bicyclic) bond motifs is 1. The minimum Gasteiger partial charge on any atom is -0.329 e. The summed E-state index contributed by atoms with van der Waals surface area (Å²) >= 11 is 0. The molecule has 4 rings (SSSR count). The van der Waals surface area contributed by atoms with Crippen molar-refractivity contribution in [3.05, 3.63) is 66.3 Å². The van der Waals surface area contributed by atoms with Crippen LogP contribution in [-0.2, 0) is 6.42 Å². The maximum atomic E-state index is 4.59. The van der Waals surface area contributed by atoms with E-state index in [-0.39, 0.29) is 0 Å². The molecule has 2 atom stereocenters. The van der Waals surface area contributed by atoms with Crippen LogP contribution in [0, 0.1) is 12.8 Å². The van der Waals surface area contributed by atoms with Crippen molar-refractivity contribution in [1.29, 1.82) is 0 Å². The van der Waals surface area contributed by atoms with Crippen molar-refractivity contribution in [2.45, 2.75) is 45.1 Å². The molecule has 31 heavy (non-hydrogen) atoms. The lowest BCUT2D eigenvalue weighted by atomic mass is 10.1. The molecule has 0 saturated heterocycles. The number of rotatable bonds is 11. The molecule has 0 spiro atoms. The van der Waals surface area contributed by atoms with E-state index >= 15 is 0 Å². The third-order valence-electron chi connectivity index (χ3n) is 6.53. The first kappa shape index (κ1) is 21.7. The molecule has 1 aliphatic rings. The van der Waals surface area contributed by atoms with Gasteiger partial charge >= 0.3 is 0 Å². The van der Waals surface area contributed by atoms with Gasteiger partial charge < -0.3 is 15.2 Å². The van der Waals surface area contributed by atoms with Gasteiger partial charge in [0.1, 0.15) is 12.0 Å². The van der Waals surface area contributed by atoms with E-state index in [0.29, 0.717) is 6.04 Å². The zero-order valence-corrected chi connectivity index (χ0v) is 18.7. The van der Waals surface area contributed by atoms with E-state index in [2.05, 4.69) is 75.2 Å². The zero-order chi connectivity index (χ0) is 21.5. The Bertz CT molecular complexity index is 978. The Morgan fingerprint density at radius 3 is 2.77 bits per heavy atom. The van der Waals surface area contributed by atoms with E-state index in [1.165, 1.54) is 31.2 Å². The van der Waals surface area contributed by atoms with Crippen LogP contribution in [0.25, 0.3) is 17.1 Å². The summed E-state index contributed by atoms with van der Waals surface area (Å²) in [5, 5.41) is 8.39. The summed E-state index contributed by atoms with van der Waals surface area (Å²) in [4.78, 5) is 8.97. The molecule has 164 valence electrons. The molecule has 1 aromatic carbocycles. The first-order valence-electron chi connectivity index (χ1n) is 11.7. The second-order valence-electron chi connectivity index (χ2n) is 8.73. The number of aromatic nitrogens is 3. The Morgan fingerprint density at radius 2 is 1.94 bits per heavy atom. The van der Waals surface area contributed by atoms with Crippen molar-refractivity contribution in [1.82, 2.24) is 25.2 Å². The summed E-state index contributed by atoms with van der Waals surface area (Å²) in [6.45, 7) is 10.4. The highest BCUT2D eigenvalue weighted by molar-refractivity contribution is 5.88. The van der Waals surface area contributed by atoms with Crippen molar-refractivity contribution < 1.29 is 0 Å². The van der Waals surface area contributed by atoms with Crippen LogP contribution in [0.15, 0.2) is 49.4 Å². The fourth-order valence-electron chi connectivity index (χ4n) is 4.84. The maximum Gasteiger partial charge on any atom is 0.144 e. The van der Waals surface area contributed by atoms with Crippen LogP contribution in [0.2, 0.25) is 0 Å². The van der Waals surface area contributed by atoms with E-state index in [1.807, 2.05) is 6.08 Å². The van der Waals surface area contributed by atoms with E-state index in [1.54, 1.807) is 6.33 Å². The van der Waals surface area contributed by atoms with Crippen LogP contribution in [-0.4, -0.2) is 40.7 Å². The number of benzene rings is 1. The molecule has 3 aromatic rings. The normalized spacial score (nSPS) is 18.6. The van der Waals surface area contributed by atoms with Gasteiger partial charge in [-0.3, -0.25) is 0 Å². The molecule has 2 aromatic heterocycles. The van der Waals surface area contributed by atoms with Crippen molar-refractivity contribution in [2.24, 2.45) is 5.92 Å². The monoisotopic (exact) mass is 417 g/mol. The third-order valence-corrected chi connectivity index (χ3v) is 6.53. The van der Waals surface area contributed by atoms with Gasteiger partial charge in [0.25, 0.3) is 0 Å². The quantitative estimate of drug-likeness (QED) is 0.450. The summed E-state index contributed by atoms with van der Waals surface area (Å²) in [6.07, 6.45) is 11.8. The predicted molar refractivity (Wildman–Crippen MR) is 129 cm³/mol. The lowest BCUT2D eigenvalue weighted by Crippen LogP contribution is -2.26. The molecule has 5 nitrogen and oxygen atoms in total. The molecule has 1 aliphatic carbocycles. The zero-order valence-electron chi connectivity index (χ0n) is 18.7. The minimum absolute atomic E-state index is 0.525. The van der Waals surface area contributed by atoms with Crippen LogP contribution < -0.4 is 10.6 Å². The van der Waals surface area contributed by atoms with Crippen LogP contribution in [0.1, 0.15) is 48.5 Å². The Labute approximate surface area is 186 Å². The van der Waals surface area contributed by atoms with Gasteiger partial charge in [-0.1, -0.05) is 43.0 Å². The Balaban J connectivity index is 1.16. The molecule has 0 radical (unpaired) electrons. The minimum atomic E-state index is 0.525. The van der Waals surface area contributed by atoms with E-state index in [0.717, 1.165) is 60.8 Å². The van der Waals surface area contributed by atoms with Gasteiger partial charge in [-0.2, -0.15) is 0 Å². The van der Waals surface area contributed by atoms with E-state index < -0.39 is 0 Å². The highest BCUT2D eigenvalue weighted by Crippen LogP contribution is 2.37. The maximum absolute atomic E-state index is 4.59. The summed E-state index contributed by atoms with van der Waals surface area (Å²) < 4.78 is 2.37. The van der Waals surface area contributed by atoms with E-state index in [9.17, 15) is 0 Å². The highest BCUT2D eigenvalue weighted by atomic mass is 15.1. The van der Waals surface area contributed by atoms with Gasteiger partial charge in [0.05, 0.1) is 5.69 Å². The fraction of sp³-hybridized carbons (Fsp3) is 0.462. The van der Waals surface area contributed by atoms with Crippen molar-refractivity contribution in [3.8, 4) is 0 Å². The van der Waals surface area contributed by atoms with Crippen molar-refractivity contribution in [2.75, 3.05) is 26.2 Å². The first-order chi connectivity index (χ1) is 15.3. The molecule has 1 saturated carbocycles. The van der Waals surface area contributed by atoms with Gasteiger partial charge in [-0.05, 0) is 76.7 Å². The molecule has 5 heteroatoms. The smallest absolute Gasteiger partial charge is 0.144 e. The van der Waals surface area contributed by atoms with E-state index in [4.69, 9.17) is 0 Å². The molecular weight excluding hydrogens is 382 g/mol. The molecule has 2 heterocycles. The summed E-state index contributed by atoms with van der Waals surface area (Å²) in [6, 6.07) is 11.2. The number of aryl methyl sites for hydroxylation is 1. The second-order valence-corrected chi connectivity index (χ2v) is 8.73. The van der Waals surface area contributed by atoms with Crippen LogP contribution in [0.4, 0.5) is 0 Å². The Morgan fingerprint density at radius 1 is 1.10 bits per heavy atom. The number of hydrogen-bond acceptors (Lipinski definition) is 4. The summed E-state index contributed by atoms with van der Waals surface area (Å²) in [5.41, 5.74) is 4.64. The SMILES string of the molecule is C=Cc1cn(C2CCC(CNCCCNCCc3ccccc3)C2)c2ncnc(C)c12. The lowest BCUT2D eigenvalue weighted by Gasteiger charge is -2.15. The number of nitrogens with one attached hydrogen (secondary N) is 2. The third kappa shape index (κ3) is 5.41. The van der Waals surface area contributed by atoms with Crippen LogP contribution in [0.3, 0.4) is 0 Å². The molecule has 0 aliphatic heterocycles. The standard InChI is InChI=1S/C26H35N5/c1-3-23-18-31(26-25(23)20(2)29-19-30-26)24-11-10-22(16-24)17-28-14-7-13-27-15-12-21-8-5-4-6-9-21/h3-6,8-9,18-19,22,24,27-28H,1,7,10-17H2,2H3. The number of hydrogen-bond donors (Lipinski definition) is 2. The fourth-order valence-corrected chi connectivity index (χ4v) is 4.84. The second kappa shape index (κ2) is 10.7. The number of nitrogens with zero attached hydrogens (tertiary/aromatic N) is 3. The van der Waals surface area contributed by atoms with Crippen molar-refractivity contribution >= 4 is 17.1 Å². The molecular formula is C26H35N5. The van der Waals surface area contributed by atoms with Gasteiger partial charge in [-0.25, -0.2) is 9.97 Å². The van der Waals surface area contributed by atoms with Crippen molar-refractivity contribution in [3.63, 3.8) is 0 Å². The van der Waals surface area contributed by atoms with Gasteiger partial charge in [0.2, 0.25) is 0 Å². The average Bonchev–Trinajstić information content (AvgIpc) is 3.41. The van der Waals surface area contributed by atoms with Gasteiger partial charge in [0, 0.05) is 23.2 Å². The molecule has 0 amide bonds. The summed E-state index contributed by atoms with van der Waals surface area (Å²) in [5.74, 6) is 0.739. The average molecular weight is 418 g/mol. The largest absolute Gasteiger partial charge is 0.329 e. The molecule has 2 unspecified atom stereocenters. The Hall–Kier alpha value is -2.50. The first-order valence-corrected chi connectivity index (χ1v) is 11.7. The molecule has 1 fully saturated rings.